The van der Waals surface area contributed by atoms with E-state index in [4.69, 9.17) is 16.2 Å². The summed E-state index contributed by atoms with van der Waals surface area (Å²) in [6.07, 6.45) is 0. The standard InChI is InChI=1S/C10H13ClN2O/c11-14-10-4-2-1-3-9(10)13-7-5-12-6-8-13/h1-4,12H,5-8H2. The summed E-state index contributed by atoms with van der Waals surface area (Å²) < 4.78 is 4.81. The Kier molecular flexibility index (Phi) is 3.11. The van der Waals surface area contributed by atoms with Crippen LogP contribution in [0.3, 0.4) is 0 Å². The number of para-hydroxylation sites is 2. The molecule has 1 aromatic carbocycles. The molecule has 1 N–H and O–H groups in total. The second-order valence-electron chi connectivity index (χ2n) is 3.28. The highest BCUT2D eigenvalue weighted by Crippen LogP contribution is 2.28. The normalized spacial score (nSPS) is 16.8. The van der Waals surface area contributed by atoms with Crippen molar-refractivity contribution in [1.29, 1.82) is 0 Å². The van der Waals surface area contributed by atoms with Crippen molar-refractivity contribution < 1.29 is 4.29 Å². The third-order valence-electron chi connectivity index (χ3n) is 2.41. The van der Waals surface area contributed by atoms with Gasteiger partial charge < -0.3 is 14.5 Å². The molecule has 0 atom stereocenters. The van der Waals surface area contributed by atoms with Gasteiger partial charge in [0.1, 0.15) is 11.9 Å². The van der Waals surface area contributed by atoms with Crippen LogP contribution < -0.4 is 14.5 Å². The SMILES string of the molecule is ClOc1ccccc1N1CCNCC1. The molecule has 1 aliphatic heterocycles. The molecule has 1 aliphatic rings. The first-order valence-corrected chi connectivity index (χ1v) is 5.06. The van der Waals surface area contributed by atoms with Gasteiger partial charge in [0.2, 0.25) is 0 Å². The molecule has 1 fully saturated rings. The molecular weight excluding hydrogens is 200 g/mol. The maximum absolute atomic E-state index is 5.41. The van der Waals surface area contributed by atoms with Crippen LogP contribution in [0.1, 0.15) is 0 Å². The predicted molar refractivity (Wildman–Crippen MR) is 58.0 cm³/mol. The van der Waals surface area contributed by atoms with Gasteiger partial charge in [0.05, 0.1) is 5.69 Å². The molecule has 0 radical (unpaired) electrons. The Morgan fingerprint density at radius 1 is 1.21 bits per heavy atom. The van der Waals surface area contributed by atoms with Gasteiger partial charge in [-0.25, -0.2) is 0 Å². The third-order valence-corrected chi connectivity index (χ3v) is 2.57. The molecule has 1 aromatic rings. The van der Waals surface area contributed by atoms with E-state index in [0.717, 1.165) is 37.6 Å². The Bertz CT molecular complexity index is 300. The monoisotopic (exact) mass is 212 g/mol. The number of hydrogen-bond acceptors (Lipinski definition) is 3. The number of rotatable bonds is 2. The molecule has 0 aliphatic carbocycles. The Morgan fingerprint density at radius 3 is 2.64 bits per heavy atom. The minimum absolute atomic E-state index is 0.732. The Balaban J connectivity index is 2.20. The van der Waals surface area contributed by atoms with E-state index in [1.54, 1.807) is 0 Å². The van der Waals surface area contributed by atoms with Crippen LogP contribution in [-0.4, -0.2) is 26.2 Å². The molecule has 0 aromatic heterocycles. The van der Waals surface area contributed by atoms with Gasteiger partial charge in [-0.3, -0.25) is 0 Å². The molecule has 0 unspecified atom stereocenters. The number of hydrogen-bond donors (Lipinski definition) is 1. The van der Waals surface area contributed by atoms with E-state index >= 15 is 0 Å². The lowest BCUT2D eigenvalue weighted by atomic mass is 10.2. The summed E-state index contributed by atoms with van der Waals surface area (Å²) in [5, 5.41) is 3.31. The minimum Gasteiger partial charge on any atom is -0.383 e. The summed E-state index contributed by atoms with van der Waals surface area (Å²) in [6.45, 7) is 4.02. The van der Waals surface area contributed by atoms with Crippen molar-refractivity contribution in [3.05, 3.63) is 24.3 Å². The molecular formula is C10H13ClN2O. The van der Waals surface area contributed by atoms with Crippen LogP contribution in [-0.2, 0) is 0 Å². The van der Waals surface area contributed by atoms with Gasteiger partial charge in [0.25, 0.3) is 0 Å². The number of anilines is 1. The average molecular weight is 213 g/mol. The van der Waals surface area contributed by atoms with Crippen molar-refractivity contribution in [2.45, 2.75) is 0 Å². The topological polar surface area (TPSA) is 24.5 Å². The van der Waals surface area contributed by atoms with E-state index in [9.17, 15) is 0 Å². The summed E-state index contributed by atoms with van der Waals surface area (Å²) in [6, 6.07) is 7.83. The van der Waals surface area contributed by atoms with E-state index in [-0.39, 0.29) is 0 Å². The lowest BCUT2D eigenvalue weighted by Crippen LogP contribution is -2.43. The molecule has 2 rings (SSSR count). The van der Waals surface area contributed by atoms with Crippen molar-refractivity contribution >= 4 is 17.6 Å². The van der Waals surface area contributed by atoms with Crippen LogP contribution in [0.2, 0.25) is 0 Å². The smallest absolute Gasteiger partial charge is 0.169 e. The minimum atomic E-state index is 0.732. The maximum atomic E-state index is 5.41. The van der Waals surface area contributed by atoms with E-state index < -0.39 is 0 Å². The van der Waals surface area contributed by atoms with E-state index in [1.807, 2.05) is 24.3 Å². The molecule has 0 bridgehead atoms. The zero-order valence-corrected chi connectivity index (χ0v) is 8.63. The molecule has 0 saturated carbocycles. The highest BCUT2D eigenvalue weighted by Gasteiger charge is 2.14. The summed E-state index contributed by atoms with van der Waals surface area (Å²) in [7, 11) is 0. The van der Waals surface area contributed by atoms with E-state index in [1.165, 1.54) is 0 Å². The predicted octanol–water partition coefficient (Wildman–Crippen LogP) is 1.63. The molecule has 0 amide bonds. The molecule has 1 heterocycles. The molecule has 1 saturated heterocycles. The molecule has 14 heavy (non-hydrogen) atoms. The average Bonchev–Trinajstić information content (AvgIpc) is 2.30. The second kappa shape index (κ2) is 4.53. The van der Waals surface area contributed by atoms with Gasteiger partial charge in [-0.2, -0.15) is 0 Å². The fraction of sp³-hybridized carbons (Fsp3) is 0.400. The van der Waals surface area contributed by atoms with Gasteiger partial charge >= 0.3 is 0 Å². The van der Waals surface area contributed by atoms with Crippen molar-refractivity contribution in [2.75, 3.05) is 31.1 Å². The fourth-order valence-electron chi connectivity index (χ4n) is 1.69. The summed E-state index contributed by atoms with van der Waals surface area (Å²) in [4.78, 5) is 2.27. The van der Waals surface area contributed by atoms with Gasteiger partial charge in [0.15, 0.2) is 5.75 Å². The second-order valence-corrected chi connectivity index (χ2v) is 3.44. The third kappa shape index (κ3) is 1.94. The van der Waals surface area contributed by atoms with Crippen LogP contribution in [0, 0.1) is 0 Å². The van der Waals surface area contributed by atoms with Gasteiger partial charge in [-0.1, -0.05) is 12.1 Å². The largest absolute Gasteiger partial charge is 0.383 e. The lowest BCUT2D eigenvalue weighted by Gasteiger charge is -2.30. The van der Waals surface area contributed by atoms with Crippen LogP contribution >= 0.6 is 11.9 Å². The Labute approximate surface area is 88.8 Å². The lowest BCUT2D eigenvalue weighted by molar-refractivity contribution is 0.571. The molecule has 0 spiro atoms. The number of nitrogens with zero attached hydrogens (tertiary/aromatic N) is 1. The van der Waals surface area contributed by atoms with Gasteiger partial charge in [-0.15, -0.1) is 0 Å². The fourth-order valence-corrected chi connectivity index (χ4v) is 1.82. The summed E-state index contributed by atoms with van der Waals surface area (Å²) >= 11 is 5.41. The van der Waals surface area contributed by atoms with Crippen molar-refractivity contribution in [3.8, 4) is 5.75 Å². The van der Waals surface area contributed by atoms with Gasteiger partial charge in [0, 0.05) is 26.2 Å². The number of halogens is 1. The highest BCUT2D eigenvalue weighted by molar-refractivity contribution is 6.09. The number of nitrogens with one attached hydrogen (secondary N) is 1. The number of piperazine rings is 1. The van der Waals surface area contributed by atoms with Crippen molar-refractivity contribution in [1.82, 2.24) is 5.32 Å². The Hall–Kier alpha value is -0.930. The zero-order chi connectivity index (χ0) is 9.80. The van der Waals surface area contributed by atoms with Crippen LogP contribution in [0.5, 0.6) is 5.75 Å². The first-order chi connectivity index (χ1) is 6.92. The number of benzene rings is 1. The quantitative estimate of drug-likeness (QED) is 0.807. The zero-order valence-electron chi connectivity index (χ0n) is 7.87. The molecule has 3 nitrogen and oxygen atoms in total. The van der Waals surface area contributed by atoms with E-state index in [0.29, 0.717) is 0 Å². The van der Waals surface area contributed by atoms with E-state index in [2.05, 4.69) is 10.2 Å². The van der Waals surface area contributed by atoms with Gasteiger partial charge in [-0.05, 0) is 12.1 Å². The summed E-state index contributed by atoms with van der Waals surface area (Å²) in [5.41, 5.74) is 1.07. The maximum Gasteiger partial charge on any atom is 0.169 e. The first-order valence-electron chi connectivity index (χ1n) is 4.75. The molecule has 76 valence electrons. The first kappa shape index (κ1) is 9.62. The Morgan fingerprint density at radius 2 is 1.93 bits per heavy atom. The van der Waals surface area contributed by atoms with Crippen molar-refractivity contribution in [3.63, 3.8) is 0 Å². The van der Waals surface area contributed by atoms with Crippen LogP contribution in [0.4, 0.5) is 5.69 Å². The van der Waals surface area contributed by atoms with Crippen molar-refractivity contribution in [2.24, 2.45) is 0 Å². The van der Waals surface area contributed by atoms with Crippen LogP contribution in [0.15, 0.2) is 24.3 Å². The molecule has 4 heteroatoms. The van der Waals surface area contributed by atoms with Crippen LogP contribution in [0.25, 0.3) is 0 Å². The summed E-state index contributed by atoms with van der Waals surface area (Å²) in [5.74, 6) is 0.732. The highest BCUT2D eigenvalue weighted by atomic mass is 35.5.